The lowest BCUT2D eigenvalue weighted by atomic mass is 9.95. The first kappa shape index (κ1) is 13.8. The van der Waals surface area contributed by atoms with Gasteiger partial charge in [-0.3, -0.25) is 4.98 Å². The van der Waals surface area contributed by atoms with Crippen LogP contribution in [0.1, 0.15) is 25.7 Å². The smallest absolute Gasteiger partial charge is 0.244 e. The molecule has 1 heterocycles. The van der Waals surface area contributed by atoms with Crippen LogP contribution in [0.5, 0.6) is 0 Å². The van der Waals surface area contributed by atoms with Gasteiger partial charge in [-0.05, 0) is 25.0 Å². The Morgan fingerprint density at radius 2 is 2.11 bits per heavy atom. The van der Waals surface area contributed by atoms with Gasteiger partial charge in [0, 0.05) is 25.5 Å². The number of rotatable bonds is 3. The molecule has 1 aromatic rings. The minimum atomic E-state index is -3.49. The van der Waals surface area contributed by atoms with Crippen molar-refractivity contribution in [2.45, 2.75) is 42.0 Å². The maximum atomic E-state index is 12.4. The second-order valence-electron chi connectivity index (χ2n) is 4.58. The van der Waals surface area contributed by atoms with Crippen molar-refractivity contribution in [3.63, 3.8) is 0 Å². The second-order valence-corrected chi connectivity index (χ2v) is 7.14. The molecule has 0 bridgehead atoms. The van der Waals surface area contributed by atoms with Crippen LogP contribution >= 0.6 is 11.6 Å². The fraction of sp³-hybridized carbons (Fsp3) is 0.583. The lowest BCUT2D eigenvalue weighted by Gasteiger charge is -2.33. The summed E-state index contributed by atoms with van der Waals surface area (Å²) in [6.45, 7) is 0. The van der Waals surface area contributed by atoms with E-state index in [0.717, 1.165) is 25.7 Å². The molecule has 0 amide bonds. The molecule has 4 nitrogen and oxygen atoms in total. The number of pyridine rings is 1. The van der Waals surface area contributed by atoms with Crippen LogP contribution in [0.2, 0.25) is 0 Å². The molecule has 2 unspecified atom stereocenters. The van der Waals surface area contributed by atoms with Crippen molar-refractivity contribution < 1.29 is 8.42 Å². The zero-order valence-electron chi connectivity index (χ0n) is 10.3. The molecular weight excluding hydrogens is 272 g/mol. The average Bonchev–Trinajstić information content (AvgIpc) is 2.39. The summed E-state index contributed by atoms with van der Waals surface area (Å²) < 4.78 is 26.2. The van der Waals surface area contributed by atoms with Gasteiger partial charge >= 0.3 is 0 Å². The Morgan fingerprint density at radius 1 is 1.39 bits per heavy atom. The lowest BCUT2D eigenvalue weighted by Crippen LogP contribution is -2.44. The second kappa shape index (κ2) is 5.55. The van der Waals surface area contributed by atoms with E-state index in [9.17, 15) is 8.42 Å². The summed E-state index contributed by atoms with van der Waals surface area (Å²) in [4.78, 5) is 4.08. The van der Waals surface area contributed by atoms with E-state index in [0.29, 0.717) is 0 Å². The first-order valence-electron chi connectivity index (χ1n) is 6.05. The normalized spacial score (nSPS) is 25.3. The molecule has 0 N–H and O–H groups in total. The highest BCUT2D eigenvalue weighted by atomic mass is 35.5. The Kier molecular flexibility index (Phi) is 4.25. The third kappa shape index (κ3) is 2.68. The molecule has 0 saturated heterocycles. The van der Waals surface area contributed by atoms with Crippen LogP contribution in [-0.2, 0) is 10.0 Å². The maximum Gasteiger partial charge on any atom is 0.244 e. The summed E-state index contributed by atoms with van der Waals surface area (Å²) >= 11 is 6.25. The maximum absolute atomic E-state index is 12.4. The molecule has 6 heteroatoms. The van der Waals surface area contributed by atoms with Crippen molar-refractivity contribution in [3.8, 4) is 0 Å². The number of hydrogen-bond donors (Lipinski definition) is 0. The Labute approximate surface area is 113 Å². The van der Waals surface area contributed by atoms with Crippen LogP contribution < -0.4 is 0 Å². The van der Waals surface area contributed by atoms with Crippen molar-refractivity contribution >= 4 is 21.6 Å². The Balaban J connectivity index is 2.25. The molecule has 0 radical (unpaired) electrons. The topological polar surface area (TPSA) is 50.3 Å². The van der Waals surface area contributed by atoms with Gasteiger partial charge in [-0.2, -0.15) is 4.31 Å². The number of sulfonamides is 1. The SMILES string of the molecule is CN(C1CCCCC1Cl)S(=O)(=O)c1cccnc1. The van der Waals surface area contributed by atoms with Gasteiger partial charge in [-0.25, -0.2) is 8.42 Å². The highest BCUT2D eigenvalue weighted by Gasteiger charge is 2.34. The molecule has 0 spiro atoms. The van der Waals surface area contributed by atoms with E-state index in [1.54, 1.807) is 25.4 Å². The molecule has 1 aliphatic rings. The van der Waals surface area contributed by atoms with Crippen LogP contribution in [0.15, 0.2) is 29.4 Å². The largest absolute Gasteiger partial charge is 0.263 e. The Bertz CT molecular complexity index is 492. The molecule has 18 heavy (non-hydrogen) atoms. The Morgan fingerprint density at radius 3 is 2.72 bits per heavy atom. The highest BCUT2D eigenvalue weighted by molar-refractivity contribution is 7.89. The van der Waals surface area contributed by atoms with E-state index in [1.807, 2.05) is 0 Å². The van der Waals surface area contributed by atoms with Crippen LogP contribution in [0, 0.1) is 0 Å². The quantitative estimate of drug-likeness (QED) is 0.802. The van der Waals surface area contributed by atoms with Crippen LogP contribution in [-0.4, -0.2) is 36.2 Å². The van der Waals surface area contributed by atoms with Crippen molar-refractivity contribution in [2.24, 2.45) is 0 Å². The van der Waals surface area contributed by atoms with Crippen LogP contribution in [0.4, 0.5) is 0 Å². The number of alkyl halides is 1. The van der Waals surface area contributed by atoms with Gasteiger partial charge in [0.25, 0.3) is 0 Å². The molecule has 100 valence electrons. The third-order valence-electron chi connectivity index (χ3n) is 3.43. The number of hydrogen-bond acceptors (Lipinski definition) is 3. The molecular formula is C12H17ClN2O2S. The van der Waals surface area contributed by atoms with E-state index in [4.69, 9.17) is 11.6 Å². The van der Waals surface area contributed by atoms with Gasteiger partial charge in [0.15, 0.2) is 0 Å². The zero-order chi connectivity index (χ0) is 13.2. The predicted octanol–water partition coefficient (Wildman–Crippen LogP) is 2.25. The summed E-state index contributed by atoms with van der Waals surface area (Å²) in [5, 5.41) is -0.102. The van der Waals surface area contributed by atoms with E-state index in [-0.39, 0.29) is 16.3 Å². The van der Waals surface area contributed by atoms with Gasteiger partial charge in [0.05, 0.1) is 5.38 Å². The highest BCUT2D eigenvalue weighted by Crippen LogP contribution is 2.29. The van der Waals surface area contributed by atoms with Gasteiger partial charge in [0.1, 0.15) is 4.90 Å². The van der Waals surface area contributed by atoms with E-state index in [2.05, 4.69) is 4.98 Å². The van der Waals surface area contributed by atoms with Gasteiger partial charge in [-0.1, -0.05) is 12.8 Å². The predicted molar refractivity (Wildman–Crippen MR) is 71.1 cm³/mol. The minimum absolute atomic E-state index is 0.102. The molecule has 1 aromatic heterocycles. The summed E-state index contributed by atoms with van der Waals surface area (Å²) in [5.41, 5.74) is 0. The Hall–Kier alpha value is -0.650. The van der Waals surface area contributed by atoms with Crippen molar-refractivity contribution in [1.82, 2.24) is 9.29 Å². The summed E-state index contributed by atoms with van der Waals surface area (Å²) in [6.07, 6.45) is 6.73. The molecule has 1 saturated carbocycles. The first-order valence-corrected chi connectivity index (χ1v) is 7.93. The van der Waals surface area contributed by atoms with E-state index in [1.165, 1.54) is 10.5 Å². The standard InChI is InChI=1S/C12H17ClN2O2S/c1-15(12-7-3-2-6-11(12)13)18(16,17)10-5-4-8-14-9-10/h4-5,8-9,11-12H,2-3,6-7H2,1H3. The number of nitrogens with zero attached hydrogens (tertiary/aromatic N) is 2. The van der Waals surface area contributed by atoms with E-state index < -0.39 is 10.0 Å². The molecule has 1 aliphatic carbocycles. The fourth-order valence-corrected chi connectivity index (χ4v) is 4.22. The molecule has 0 aliphatic heterocycles. The van der Waals surface area contributed by atoms with Crippen molar-refractivity contribution in [3.05, 3.63) is 24.5 Å². The van der Waals surface area contributed by atoms with Gasteiger partial charge in [0.2, 0.25) is 10.0 Å². The summed E-state index contributed by atoms with van der Waals surface area (Å²) in [5.74, 6) is 0. The van der Waals surface area contributed by atoms with Crippen molar-refractivity contribution in [2.75, 3.05) is 7.05 Å². The number of halogens is 1. The van der Waals surface area contributed by atoms with E-state index >= 15 is 0 Å². The number of aromatic nitrogens is 1. The molecule has 0 aromatic carbocycles. The average molecular weight is 289 g/mol. The summed E-state index contributed by atoms with van der Waals surface area (Å²) in [6, 6.07) is 3.07. The molecule has 1 fully saturated rings. The third-order valence-corrected chi connectivity index (χ3v) is 5.80. The van der Waals surface area contributed by atoms with Crippen LogP contribution in [0.3, 0.4) is 0 Å². The molecule has 2 atom stereocenters. The first-order chi connectivity index (χ1) is 8.53. The van der Waals surface area contributed by atoms with Crippen molar-refractivity contribution in [1.29, 1.82) is 0 Å². The van der Waals surface area contributed by atoms with Gasteiger partial charge in [-0.15, -0.1) is 11.6 Å². The van der Waals surface area contributed by atoms with Crippen LogP contribution in [0.25, 0.3) is 0 Å². The summed E-state index contributed by atoms with van der Waals surface area (Å²) in [7, 11) is -1.88. The monoisotopic (exact) mass is 288 g/mol. The fourth-order valence-electron chi connectivity index (χ4n) is 2.32. The van der Waals surface area contributed by atoms with Gasteiger partial charge < -0.3 is 0 Å². The lowest BCUT2D eigenvalue weighted by molar-refractivity contribution is 0.291. The molecule has 2 rings (SSSR count). The zero-order valence-corrected chi connectivity index (χ0v) is 11.9. The minimum Gasteiger partial charge on any atom is -0.263 e.